The molecule has 1 nitrogen and oxygen atoms in total. The summed E-state index contributed by atoms with van der Waals surface area (Å²) in [7, 11) is 0. The summed E-state index contributed by atoms with van der Waals surface area (Å²) in [4.78, 5) is 0. The molecule has 3 rings (SSSR count). The van der Waals surface area contributed by atoms with Crippen LogP contribution >= 0.6 is 0 Å². The maximum absolute atomic E-state index is 10.1. The van der Waals surface area contributed by atoms with E-state index in [9.17, 15) is 5.11 Å². The summed E-state index contributed by atoms with van der Waals surface area (Å²) < 4.78 is 0. The van der Waals surface area contributed by atoms with Gasteiger partial charge in [-0.1, -0.05) is 66.4 Å². The zero-order valence-electron chi connectivity index (χ0n) is 11.5. The Morgan fingerprint density at radius 3 is 1.95 bits per heavy atom. The van der Waals surface area contributed by atoms with E-state index in [1.807, 2.05) is 72.8 Å². The molecule has 1 N–H and O–H groups in total. The summed E-state index contributed by atoms with van der Waals surface area (Å²) in [6.45, 7) is 0. The molecule has 21 heavy (non-hydrogen) atoms. The average Bonchev–Trinajstić information content (AvgIpc) is 2.55. The predicted molar refractivity (Wildman–Crippen MR) is 86.0 cm³/mol. The molecule has 0 atom stereocenters. The molecule has 0 heterocycles. The Morgan fingerprint density at radius 2 is 1.29 bits per heavy atom. The highest BCUT2D eigenvalue weighted by atomic mass is 16.3. The first-order valence-corrected chi connectivity index (χ1v) is 6.78. The van der Waals surface area contributed by atoms with Crippen molar-refractivity contribution in [2.24, 2.45) is 0 Å². The Labute approximate surface area is 124 Å². The zero-order valence-corrected chi connectivity index (χ0v) is 11.5. The van der Waals surface area contributed by atoms with Gasteiger partial charge in [0.25, 0.3) is 0 Å². The average molecular weight is 270 g/mol. The molecule has 0 fully saturated rings. The van der Waals surface area contributed by atoms with Crippen molar-refractivity contribution >= 4 is 0 Å². The highest BCUT2D eigenvalue weighted by Gasteiger charge is 2.02. The molecule has 0 bridgehead atoms. The smallest absolute Gasteiger partial charge is 0.131 e. The summed E-state index contributed by atoms with van der Waals surface area (Å²) in [5.74, 6) is 6.27. The van der Waals surface area contributed by atoms with Crippen LogP contribution in [-0.4, -0.2) is 5.11 Å². The maximum Gasteiger partial charge on any atom is 0.131 e. The van der Waals surface area contributed by atoms with Crippen LogP contribution in [0.4, 0.5) is 0 Å². The number of hydrogen-bond acceptors (Lipinski definition) is 1. The van der Waals surface area contributed by atoms with Gasteiger partial charge in [-0.2, -0.15) is 0 Å². The van der Waals surface area contributed by atoms with Crippen molar-refractivity contribution in [3.8, 4) is 28.7 Å². The van der Waals surface area contributed by atoms with Gasteiger partial charge in [0.05, 0.1) is 5.56 Å². The second-order valence-corrected chi connectivity index (χ2v) is 4.71. The van der Waals surface area contributed by atoms with Crippen LogP contribution in [0.25, 0.3) is 11.1 Å². The van der Waals surface area contributed by atoms with Crippen LogP contribution in [0.5, 0.6) is 5.75 Å². The van der Waals surface area contributed by atoms with E-state index in [0.717, 1.165) is 16.7 Å². The van der Waals surface area contributed by atoms with Gasteiger partial charge in [0.2, 0.25) is 0 Å². The SMILES string of the molecule is Oc1cc(-c2ccccc2)ccc1C#Cc1ccccc1. The van der Waals surface area contributed by atoms with Crippen LogP contribution < -0.4 is 0 Å². The monoisotopic (exact) mass is 270 g/mol. The molecule has 0 aliphatic carbocycles. The van der Waals surface area contributed by atoms with E-state index in [0.29, 0.717) is 5.56 Å². The van der Waals surface area contributed by atoms with Crippen molar-refractivity contribution < 1.29 is 5.11 Å². The van der Waals surface area contributed by atoms with Gasteiger partial charge in [0, 0.05) is 5.56 Å². The molecule has 0 radical (unpaired) electrons. The van der Waals surface area contributed by atoms with Crippen LogP contribution in [-0.2, 0) is 0 Å². The third-order valence-corrected chi connectivity index (χ3v) is 3.22. The largest absolute Gasteiger partial charge is 0.507 e. The minimum absolute atomic E-state index is 0.208. The van der Waals surface area contributed by atoms with E-state index in [1.54, 1.807) is 6.07 Å². The summed E-state index contributed by atoms with van der Waals surface area (Å²) in [5, 5.41) is 10.1. The Kier molecular flexibility index (Phi) is 3.71. The standard InChI is InChI=1S/C20H14O/c21-20-15-19(17-9-5-2-6-10-17)14-13-18(20)12-11-16-7-3-1-4-8-16/h1-10,13-15,21H. The Hall–Kier alpha value is -2.98. The second-order valence-electron chi connectivity index (χ2n) is 4.71. The van der Waals surface area contributed by atoms with E-state index in [1.165, 1.54) is 0 Å². The molecular formula is C20H14O. The van der Waals surface area contributed by atoms with Gasteiger partial charge in [-0.15, -0.1) is 0 Å². The lowest BCUT2D eigenvalue weighted by Gasteiger charge is -2.03. The minimum Gasteiger partial charge on any atom is -0.507 e. The number of hydrogen-bond donors (Lipinski definition) is 1. The summed E-state index contributed by atoms with van der Waals surface area (Å²) in [6.07, 6.45) is 0. The van der Waals surface area contributed by atoms with Gasteiger partial charge in [0.15, 0.2) is 0 Å². The van der Waals surface area contributed by atoms with E-state index in [4.69, 9.17) is 0 Å². The molecule has 0 saturated carbocycles. The topological polar surface area (TPSA) is 20.2 Å². The number of phenols is 1. The summed E-state index contributed by atoms with van der Waals surface area (Å²) in [5.41, 5.74) is 3.64. The van der Waals surface area contributed by atoms with Gasteiger partial charge >= 0.3 is 0 Å². The number of aromatic hydroxyl groups is 1. The van der Waals surface area contributed by atoms with Gasteiger partial charge < -0.3 is 5.11 Å². The van der Waals surface area contributed by atoms with Crippen LogP contribution in [0.1, 0.15) is 11.1 Å². The molecule has 0 unspecified atom stereocenters. The van der Waals surface area contributed by atoms with Crippen molar-refractivity contribution in [2.45, 2.75) is 0 Å². The van der Waals surface area contributed by atoms with E-state index in [2.05, 4.69) is 11.8 Å². The number of benzene rings is 3. The highest BCUT2D eigenvalue weighted by Crippen LogP contribution is 2.25. The predicted octanol–water partition coefficient (Wildman–Crippen LogP) is 4.46. The molecule has 3 aromatic rings. The van der Waals surface area contributed by atoms with Crippen LogP contribution in [0.15, 0.2) is 78.9 Å². The molecule has 0 saturated heterocycles. The fourth-order valence-corrected chi connectivity index (χ4v) is 2.11. The van der Waals surface area contributed by atoms with Gasteiger partial charge in [-0.3, -0.25) is 0 Å². The summed E-state index contributed by atoms with van der Waals surface area (Å²) >= 11 is 0. The lowest BCUT2D eigenvalue weighted by Crippen LogP contribution is -1.81. The normalized spacial score (nSPS) is 9.71. The minimum atomic E-state index is 0.208. The van der Waals surface area contributed by atoms with Crippen molar-refractivity contribution in [1.82, 2.24) is 0 Å². The van der Waals surface area contributed by atoms with Gasteiger partial charge in [0.1, 0.15) is 5.75 Å². The molecule has 3 aromatic carbocycles. The molecular weight excluding hydrogens is 256 g/mol. The molecule has 0 aromatic heterocycles. The maximum atomic E-state index is 10.1. The Bertz CT molecular complexity index is 793. The number of phenolic OH excluding ortho intramolecular Hbond substituents is 1. The van der Waals surface area contributed by atoms with Crippen LogP contribution in [0.3, 0.4) is 0 Å². The Balaban J connectivity index is 1.91. The molecule has 0 spiro atoms. The van der Waals surface area contributed by atoms with Crippen molar-refractivity contribution in [3.63, 3.8) is 0 Å². The molecule has 0 aliphatic heterocycles. The molecule has 1 heteroatoms. The molecule has 0 amide bonds. The first-order valence-electron chi connectivity index (χ1n) is 6.78. The van der Waals surface area contributed by atoms with E-state index in [-0.39, 0.29) is 5.75 Å². The molecule has 100 valence electrons. The van der Waals surface area contributed by atoms with Crippen molar-refractivity contribution in [1.29, 1.82) is 0 Å². The second kappa shape index (κ2) is 5.98. The third-order valence-electron chi connectivity index (χ3n) is 3.22. The van der Waals surface area contributed by atoms with Crippen molar-refractivity contribution in [3.05, 3.63) is 90.0 Å². The quantitative estimate of drug-likeness (QED) is 0.647. The fourth-order valence-electron chi connectivity index (χ4n) is 2.11. The lowest BCUT2D eigenvalue weighted by atomic mass is 10.0. The Morgan fingerprint density at radius 1 is 0.619 bits per heavy atom. The zero-order chi connectivity index (χ0) is 14.5. The first kappa shape index (κ1) is 13.0. The number of rotatable bonds is 1. The van der Waals surface area contributed by atoms with Crippen molar-refractivity contribution in [2.75, 3.05) is 0 Å². The van der Waals surface area contributed by atoms with Gasteiger partial charge in [-0.25, -0.2) is 0 Å². The van der Waals surface area contributed by atoms with Crippen LogP contribution in [0.2, 0.25) is 0 Å². The van der Waals surface area contributed by atoms with Crippen LogP contribution in [0, 0.1) is 11.8 Å². The first-order chi connectivity index (χ1) is 10.3. The van der Waals surface area contributed by atoms with E-state index < -0.39 is 0 Å². The fraction of sp³-hybridized carbons (Fsp3) is 0. The lowest BCUT2D eigenvalue weighted by molar-refractivity contribution is 0.474. The summed E-state index contributed by atoms with van der Waals surface area (Å²) in [6, 6.07) is 25.3. The highest BCUT2D eigenvalue weighted by molar-refractivity contribution is 5.67. The third kappa shape index (κ3) is 3.13. The van der Waals surface area contributed by atoms with E-state index >= 15 is 0 Å². The molecule has 0 aliphatic rings. The van der Waals surface area contributed by atoms with Gasteiger partial charge in [-0.05, 0) is 35.4 Å².